The molecule has 5 nitrogen and oxygen atoms in total. The van der Waals surface area contributed by atoms with Crippen LogP contribution in [-0.4, -0.2) is 16.8 Å². The Balaban J connectivity index is 1.87. The van der Waals surface area contributed by atoms with Crippen molar-refractivity contribution in [1.82, 2.24) is 4.98 Å². The van der Waals surface area contributed by atoms with E-state index in [9.17, 15) is 9.59 Å². The molecule has 140 valence electrons. The van der Waals surface area contributed by atoms with Gasteiger partial charge in [-0.05, 0) is 30.5 Å². The molecule has 2 amide bonds. The van der Waals surface area contributed by atoms with Crippen LogP contribution in [0.2, 0.25) is 0 Å². The molecule has 0 radical (unpaired) electrons. The molecule has 0 aliphatic carbocycles. The van der Waals surface area contributed by atoms with E-state index in [-0.39, 0.29) is 18.2 Å². The second-order valence-electron chi connectivity index (χ2n) is 7.37. The van der Waals surface area contributed by atoms with Crippen LogP contribution in [0.1, 0.15) is 51.8 Å². The Kier molecular flexibility index (Phi) is 6.91. The van der Waals surface area contributed by atoms with Crippen molar-refractivity contribution in [3.05, 3.63) is 40.9 Å². The normalized spacial score (nSPS) is 11.2. The van der Waals surface area contributed by atoms with E-state index in [1.807, 2.05) is 45.0 Å². The van der Waals surface area contributed by atoms with E-state index in [1.165, 1.54) is 29.7 Å². The number of anilines is 2. The maximum absolute atomic E-state index is 12.2. The fraction of sp³-hybridized carbons (Fsp3) is 0.450. The second-order valence-corrected chi connectivity index (χ2v) is 8.23. The zero-order valence-corrected chi connectivity index (χ0v) is 16.7. The first-order valence-electron chi connectivity index (χ1n) is 8.92. The summed E-state index contributed by atoms with van der Waals surface area (Å²) < 4.78 is 0. The Hall–Kier alpha value is -2.21. The van der Waals surface area contributed by atoms with Crippen LogP contribution >= 0.6 is 11.3 Å². The Morgan fingerprint density at radius 2 is 1.81 bits per heavy atom. The molecule has 2 N–H and O–H groups in total. The van der Waals surface area contributed by atoms with Gasteiger partial charge in [0.05, 0.1) is 12.1 Å². The summed E-state index contributed by atoms with van der Waals surface area (Å²) in [6.45, 7) is 7.71. The quantitative estimate of drug-likeness (QED) is 0.742. The summed E-state index contributed by atoms with van der Waals surface area (Å²) in [5.41, 5.74) is 2.23. The summed E-state index contributed by atoms with van der Waals surface area (Å²) in [6, 6.07) is 7.96. The third kappa shape index (κ3) is 6.26. The van der Waals surface area contributed by atoms with Crippen molar-refractivity contribution in [3.8, 4) is 0 Å². The molecule has 1 aromatic heterocycles. The molecular weight excluding hydrogens is 346 g/mol. The monoisotopic (exact) mass is 373 g/mol. The van der Waals surface area contributed by atoms with Crippen LogP contribution in [0, 0.1) is 5.41 Å². The number of rotatable bonds is 7. The molecule has 0 saturated carbocycles. The van der Waals surface area contributed by atoms with E-state index in [1.54, 1.807) is 5.38 Å². The van der Waals surface area contributed by atoms with Gasteiger partial charge < -0.3 is 10.6 Å². The van der Waals surface area contributed by atoms with E-state index < -0.39 is 5.41 Å². The van der Waals surface area contributed by atoms with Crippen LogP contribution in [0.5, 0.6) is 0 Å². The summed E-state index contributed by atoms with van der Waals surface area (Å²) in [7, 11) is 0. The van der Waals surface area contributed by atoms with Gasteiger partial charge in [-0.3, -0.25) is 9.59 Å². The number of amides is 2. The van der Waals surface area contributed by atoms with Crippen LogP contribution in [-0.2, 0) is 22.4 Å². The predicted molar refractivity (Wildman–Crippen MR) is 108 cm³/mol. The van der Waals surface area contributed by atoms with Gasteiger partial charge in [-0.1, -0.05) is 46.2 Å². The SMILES string of the molecule is CCCCc1ccc(NC(=O)Cc2csc(NC(=O)C(C)(C)C)n2)cc1. The van der Waals surface area contributed by atoms with Gasteiger partial charge in [0.2, 0.25) is 11.8 Å². The maximum Gasteiger partial charge on any atom is 0.231 e. The molecule has 0 saturated heterocycles. The molecule has 0 bridgehead atoms. The summed E-state index contributed by atoms with van der Waals surface area (Å²) in [5, 5.41) is 7.99. The lowest BCUT2D eigenvalue weighted by atomic mass is 9.96. The number of benzene rings is 1. The third-order valence-electron chi connectivity index (χ3n) is 3.85. The molecule has 2 rings (SSSR count). The van der Waals surface area contributed by atoms with Crippen molar-refractivity contribution in [2.75, 3.05) is 10.6 Å². The van der Waals surface area contributed by atoms with Crippen LogP contribution in [0.15, 0.2) is 29.6 Å². The Morgan fingerprint density at radius 1 is 1.12 bits per heavy atom. The number of carbonyl (C=O) groups is 2. The fourth-order valence-electron chi connectivity index (χ4n) is 2.24. The predicted octanol–water partition coefficient (Wildman–Crippen LogP) is 4.65. The minimum absolute atomic E-state index is 0.0917. The van der Waals surface area contributed by atoms with Crippen molar-refractivity contribution in [1.29, 1.82) is 0 Å². The average Bonchev–Trinajstić information content (AvgIpc) is 3.00. The number of thiazole rings is 1. The molecule has 2 aromatic rings. The molecular formula is C20H27N3O2S. The lowest BCUT2D eigenvalue weighted by Gasteiger charge is -2.15. The first-order valence-corrected chi connectivity index (χ1v) is 9.80. The zero-order valence-electron chi connectivity index (χ0n) is 15.9. The molecule has 6 heteroatoms. The standard InChI is InChI=1S/C20H27N3O2S/c1-5-6-7-14-8-10-15(11-9-14)21-17(24)12-16-13-26-19(22-16)23-18(25)20(2,3)4/h8-11,13H,5-7,12H2,1-4H3,(H,21,24)(H,22,23,25). The Labute approximate surface area is 159 Å². The van der Waals surface area contributed by atoms with E-state index in [2.05, 4.69) is 22.5 Å². The molecule has 1 heterocycles. The number of nitrogens with zero attached hydrogens (tertiary/aromatic N) is 1. The van der Waals surface area contributed by atoms with Gasteiger partial charge in [0, 0.05) is 16.5 Å². The number of hydrogen-bond donors (Lipinski definition) is 2. The molecule has 0 aliphatic rings. The van der Waals surface area contributed by atoms with Gasteiger partial charge in [0.15, 0.2) is 5.13 Å². The van der Waals surface area contributed by atoms with Crippen molar-refractivity contribution in [2.45, 2.75) is 53.4 Å². The smallest absolute Gasteiger partial charge is 0.231 e. The third-order valence-corrected chi connectivity index (χ3v) is 4.66. The van der Waals surface area contributed by atoms with Crippen molar-refractivity contribution in [3.63, 3.8) is 0 Å². The number of nitrogens with one attached hydrogen (secondary N) is 2. The fourth-order valence-corrected chi connectivity index (χ4v) is 2.94. The number of aromatic nitrogens is 1. The molecule has 0 aliphatic heterocycles. The van der Waals surface area contributed by atoms with E-state index >= 15 is 0 Å². The number of unbranched alkanes of at least 4 members (excludes halogenated alkanes) is 1. The number of carbonyl (C=O) groups excluding carboxylic acids is 2. The summed E-state index contributed by atoms with van der Waals surface area (Å²) in [4.78, 5) is 28.5. The number of hydrogen-bond acceptors (Lipinski definition) is 4. The highest BCUT2D eigenvalue weighted by Gasteiger charge is 2.22. The van der Waals surface area contributed by atoms with Crippen molar-refractivity contribution in [2.24, 2.45) is 5.41 Å². The van der Waals surface area contributed by atoms with Gasteiger partial charge >= 0.3 is 0 Å². The van der Waals surface area contributed by atoms with Crippen LogP contribution < -0.4 is 10.6 Å². The molecule has 0 spiro atoms. The van der Waals surface area contributed by atoms with Gasteiger partial charge in [-0.15, -0.1) is 11.3 Å². The molecule has 0 unspecified atom stereocenters. The molecule has 26 heavy (non-hydrogen) atoms. The van der Waals surface area contributed by atoms with E-state index in [4.69, 9.17) is 0 Å². The summed E-state index contributed by atoms with van der Waals surface area (Å²) in [6.07, 6.45) is 3.58. The molecule has 1 aromatic carbocycles. The summed E-state index contributed by atoms with van der Waals surface area (Å²) >= 11 is 1.33. The van der Waals surface area contributed by atoms with Crippen LogP contribution in [0.3, 0.4) is 0 Å². The van der Waals surface area contributed by atoms with Crippen molar-refractivity contribution < 1.29 is 9.59 Å². The topological polar surface area (TPSA) is 71.1 Å². The van der Waals surface area contributed by atoms with Crippen LogP contribution in [0.25, 0.3) is 0 Å². The van der Waals surface area contributed by atoms with Gasteiger partial charge in [0.1, 0.15) is 0 Å². The molecule has 0 fully saturated rings. The lowest BCUT2D eigenvalue weighted by Crippen LogP contribution is -2.27. The highest BCUT2D eigenvalue weighted by Crippen LogP contribution is 2.21. The lowest BCUT2D eigenvalue weighted by molar-refractivity contribution is -0.123. The first kappa shape index (κ1) is 20.1. The largest absolute Gasteiger partial charge is 0.326 e. The minimum atomic E-state index is -0.480. The maximum atomic E-state index is 12.2. The second kappa shape index (κ2) is 8.94. The van der Waals surface area contributed by atoms with Gasteiger partial charge in [0.25, 0.3) is 0 Å². The zero-order chi connectivity index (χ0) is 19.2. The van der Waals surface area contributed by atoms with Crippen molar-refractivity contribution >= 4 is 34.0 Å². The van der Waals surface area contributed by atoms with Gasteiger partial charge in [-0.2, -0.15) is 0 Å². The average molecular weight is 374 g/mol. The Morgan fingerprint density at radius 3 is 2.42 bits per heavy atom. The highest BCUT2D eigenvalue weighted by atomic mass is 32.1. The highest BCUT2D eigenvalue weighted by molar-refractivity contribution is 7.13. The van der Waals surface area contributed by atoms with E-state index in [0.717, 1.165) is 12.1 Å². The van der Waals surface area contributed by atoms with Crippen LogP contribution in [0.4, 0.5) is 10.8 Å². The minimum Gasteiger partial charge on any atom is -0.326 e. The van der Waals surface area contributed by atoms with Gasteiger partial charge in [-0.25, -0.2) is 4.98 Å². The summed E-state index contributed by atoms with van der Waals surface area (Å²) in [5.74, 6) is -0.212. The van der Waals surface area contributed by atoms with E-state index in [0.29, 0.717) is 10.8 Å². The Bertz CT molecular complexity index is 745. The first-order chi connectivity index (χ1) is 12.3. The molecule has 0 atom stereocenters. The number of aryl methyl sites for hydroxylation is 1.